The highest BCUT2D eigenvalue weighted by Gasteiger charge is 2.34. The van der Waals surface area contributed by atoms with Crippen molar-refractivity contribution < 1.29 is 17.6 Å². The maximum Gasteiger partial charge on any atom is 0.419 e. The highest BCUT2D eigenvalue weighted by molar-refractivity contribution is 5.85. The summed E-state index contributed by atoms with van der Waals surface area (Å²) in [6.07, 6.45) is -3.85. The van der Waals surface area contributed by atoms with Crippen LogP contribution in [-0.4, -0.2) is 31.1 Å². The smallest absolute Gasteiger partial charge is 0.314 e. The van der Waals surface area contributed by atoms with Crippen LogP contribution in [0, 0.1) is 11.7 Å². The van der Waals surface area contributed by atoms with Gasteiger partial charge in [-0.1, -0.05) is 19.9 Å². The zero-order valence-electron chi connectivity index (χ0n) is 13.3. The van der Waals surface area contributed by atoms with Crippen molar-refractivity contribution >= 4 is 12.4 Å². The SMILES string of the molecule is CC(C)C[C@H](c1ccc(C(F)(F)F)c(F)c1)N1CCNCC1.Cl. The molecule has 1 N–H and O–H groups in total. The van der Waals surface area contributed by atoms with E-state index >= 15 is 0 Å². The molecule has 0 aromatic heterocycles. The molecule has 2 rings (SSSR count). The fraction of sp³-hybridized carbons (Fsp3) is 0.625. The topological polar surface area (TPSA) is 15.3 Å². The van der Waals surface area contributed by atoms with Crippen LogP contribution in [0.5, 0.6) is 0 Å². The van der Waals surface area contributed by atoms with Crippen molar-refractivity contribution in [2.45, 2.75) is 32.5 Å². The molecule has 7 heteroatoms. The molecule has 2 nitrogen and oxygen atoms in total. The van der Waals surface area contributed by atoms with E-state index in [0.717, 1.165) is 44.7 Å². The molecule has 1 atom stereocenters. The standard InChI is InChI=1S/C16H22F4N2.ClH/c1-11(2)9-15(22-7-5-21-6-8-22)12-3-4-13(14(17)10-12)16(18,19)20;/h3-4,10-11,15,21H,5-9H2,1-2H3;1H/t15-;/m1./s1. The number of piperazine rings is 1. The Labute approximate surface area is 140 Å². The molecule has 1 heterocycles. The molecule has 0 spiro atoms. The first-order valence-electron chi connectivity index (χ1n) is 7.60. The molecule has 1 saturated heterocycles. The van der Waals surface area contributed by atoms with Gasteiger partial charge in [-0.15, -0.1) is 12.4 Å². The van der Waals surface area contributed by atoms with Gasteiger partial charge in [-0.2, -0.15) is 13.2 Å². The number of hydrogen-bond acceptors (Lipinski definition) is 2. The second kappa shape index (κ2) is 8.31. The Balaban J connectivity index is 0.00000264. The van der Waals surface area contributed by atoms with E-state index in [1.165, 1.54) is 6.07 Å². The average molecular weight is 355 g/mol. The molecule has 1 aromatic rings. The maximum absolute atomic E-state index is 13.9. The van der Waals surface area contributed by atoms with Gasteiger partial charge in [0.25, 0.3) is 0 Å². The van der Waals surface area contributed by atoms with E-state index in [2.05, 4.69) is 24.1 Å². The number of nitrogens with one attached hydrogen (secondary N) is 1. The molecular formula is C16H23ClF4N2. The lowest BCUT2D eigenvalue weighted by Crippen LogP contribution is -2.45. The molecule has 0 aliphatic carbocycles. The lowest BCUT2D eigenvalue weighted by atomic mass is 9.94. The molecule has 1 aliphatic heterocycles. The maximum atomic E-state index is 13.9. The summed E-state index contributed by atoms with van der Waals surface area (Å²) in [5.74, 6) is -0.806. The summed E-state index contributed by atoms with van der Waals surface area (Å²) < 4.78 is 51.9. The van der Waals surface area contributed by atoms with Crippen molar-refractivity contribution in [1.82, 2.24) is 10.2 Å². The number of benzene rings is 1. The average Bonchev–Trinajstić information content (AvgIpc) is 2.44. The van der Waals surface area contributed by atoms with Crippen LogP contribution in [0.15, 0.2) is 18.2 Å². The van der Waals surface area contributed by atoms with Crippen molar-refractivity contribution in [3.63, 3.8) is 0 Å². The quantitative estimate of drug-likeness (QED) is 0.813. The summed E-state index contributed by atoms with van der Waals surface area (Å²) in [6.45, 7) is 7.46. The van der Waals surface area contributed by atoms with Crippen LogP contribution in [0.3, 0.4) is 0 Å². The first-order chi connectivity index (χ1) is 10.3. The number of nitrogens with zero attached hydrogens (tertiary/aromatic N) is 1. The number of alkyl halides is 3. The molecule has 1 aliphatic rings. The minimum Gasteiger partial charge on any atom is -0.314 e. The number of halogens is 5. The summed E-state index contributed by atoms with van der Waals surface area (Å²) in [5.41, 5.74) is -0.569. The van der Waals surface area contributed by atoms with E-state index in [9.17, 15) is 17.6 Å². The summed E-state index contributed by atoms with van der Waals surface area (Å²) in [7, 11) is 0. The molecule has 1 aromatic carbocycles. The van der Waals surface area contributed by atoms with Gasteiger partial charge >= 0.3 is 6.18 Å². The number of rotatable bonds is 4. The van der Waals surface area contributed by atoms with Crippen LogP contribution in [-0.2, 0) is 6.18 Å². The van der Waals surface area contributed by atoms with E-state index in [1.54, 1.807) is 0 Å². The molecule has 0 unspecified atom stereocenters. The zero-order chi connectivity index (χ0) is 16.3. The lowest BCUT2D eigenvalue weighted by molar-refractivity contribution is -0.140. The Morgan fingerprint density at radius 1 is 1.17 bits per heavy atom. The molecule has 0 bridgehead atoms. The molecule has 132 valence electrons. The summed E-state index contributed by atoms with van der Waals surface area (Å²) in [6, 6.07) is 3.29. The zero-order valence-corrected chi connectivity index (χ0v) is 14.1. The number of hydrogen-bond donors (Lipinski definition) is 1. The first kappa shape index (κ1) is 20.2. The molecular weight excluding hydrogens is 332 g/mol. The van der Waals surface area contributed by atoms with Gasteiger partial charge in [-0.05, 0) is 30.0 Å². The van der Waals surface area contributed by atoms with E-state index in [-0.39, 0.29) is 18.4 Å². The van der Waals surface area contributed by atoms with Crippen LogP contribution in [0.1, 0.15) is 37.4 Å². The van der Waals surface area contributed by atoms with Gasteiger partial charge in [0, 0.05) is 32.2 Å². The summed E-state index contributed by atoms with van der Waals surface area (Å²) in [5, 5.41) is 3.25. The second-order valence-electron chi connectivity index (χ2n) is 6.17. The third kappa shape index (κ3) is 5.33. The highest BCUT2D eigenvalue weighted by atomic mass is 35.5. The van der Waals surface area contributed by atoms with Gasteiger partial charge < -0.3 is 5.32 Å². The van der Waals surface area contributed by atoms with Crippen LogP contribution >= 0.6 is 12.4 Å². The normalized spacial score (nSPS) is 17.9. The Morgan fingerprint density at radius 3 is 2.26 bits per heavy atom. The lowest BCUT2D eigenvalue weighted by Gasteiger charge is -2.36. The van der Waals surface area contributed by atoms with Gasteiger partial charge in [-0.3, -0.25) is 4.90 Å². The Kier molecular flexibility index (Phi) is 7.29. The van der Waals surface area contributed by atoms with Crippen LogP contribution in [0.2, 0.25) is 0 Å². The Bertz CT molecular complexity index is 499. The largest absolute Gasteiger partial charge is 0.419 e. The van der Waals surface area contributed by atoms with Crippen LogP contribution in [0.25, 0.3) is 0 Å². The van der Waals surface area contributed by atoms with Gasteiger partial charge in [0.05, 0.1) is 5.56 Å². The predicted octanol–water partition coefficient (Wildman–Crippen LogP) is 4.26. The Hall–Kier alpha value is -0.850. The van der Waals surface area contributed by atoms with Crippen molar-refractivity contribution in [2.75, 3.05) is 26.2 Å². The summed E-state index contributed by atoms with van der Waals surface area (Å²) in [4.78, 5) is 2.22. The first-order valence-corrected chi connectivity index (χ1v) is 7.60. The van der Waals surface area contributed by atoms with E-state index in [4.69, 9.17) is 0 Å². The minimum absolute atomic E-state index is 0. The van der Waals surface area contributed by atoms with Crippen molar-refractivity contribution in [3.05, 3.63) is 35.1 Å². The Morgan fingerprint density at radius 2 is 1.78 bits per heavy atom. The van der Waals surface area contributed by atoms with Gasteiger partial charge in [0.2, 0.25) is 0 Å². The second-order valence-corrected chi connectivity index (χ2v) is 6.17. The third-order valence-electron chi connectivity index (χ3n) is 3.97. The van der Waals surface area contributed by atoms with Gasteiger partial charge in [-0.25, -0.2) is 4.39 Å². The minimum atomic E-state index is -4.65. The highest BCUT2D eigenvalue weighted by Crippen LogP contribution is 2.34. The van der Waals surface area contributed by atoms with E-state index in [1.807, 2.05) is 0 Å². The fourth-order valence-corrected chi connectivity index (χ4v) is 2.90. The van der Waals surface area contributed by atoms with Crippen LogP contribution in [0.4, 0.5) is 17.6 Å². The van der Waals surface area contributed by atoms with Crippen molar-refractivity contribution in [2.24, 2.45) is 5.92 Å². The predicted molar refractivity (Wildman–Crippen MR) is 85.3 cm³/mol. The van der Waals surface area contributed by atoms with Gasteiger partial charge in [0.1, 0.15) is 5.82 Å². The van der Waals surface area contributed by atoms with Crippen molar-refractivity contribution in [3.8, 4) is 0 Å². The van der Waals surface area contributed by atoms with Crippen LogP contribution < -0.4 is 5.32 Å². The molecule has 1 fully saturated rings. The summed E-state index contributed by atoms with van der Waals surface area (Å²) >= 11 is 0. The van der Waals surface area contributed by atoms with E-state index in [0.29, 0.717) is 11.5 Å². The third-order valence-corrected chi connectivity index (χ3v) is 3.97. The van der Waals surface area contributed by atoms with Gasteiger partial charge in [0.15, 0.2) is 0 Å². The monoisotopic (exact) mass is 354 g/mol. The van der Waals surface area contributed by atoms with E-state index < -0.39 is 17.6 Å². The molecule has 0 radical (unpaired) electrons. The molecule has 0 amide bonds. The van der Waals surface area contributed by atoms with Crippen molar-refractivity contribution in [1.29, 1.82) is 0 Å². The molecule has 23 heavy (non-hydrogen) atoms. The fourth-order valence-electron chi connectivity index (χ4n) is 2.90. The molecule has 0 saturated carbocycles.